The van der Waals surface area contributed by atoms with Crippen molar-refractivity contribution in [2.45, 2.75) is 43.6 Å². The Balaban J connectivity index is 1.13. The van der Waals surface area contributed by atoms with Crippen LogP contribution in [0.25, 0.3) is 11.1 Å². The second-order valence-electron chi connectivity index (χ2n) is 9.75. The van der Waals surface area contributed by atoms with E-state index in [1.54, 1.807) is 7.05 Å². The number of alkyl carbamates (subject to hydrolysis) is 1. The quantitative estimate of drug-likeness (QED) is 0.648. The van der Waals surface area contributed by atoms with Gasteiger partial charge in [0.1, 0.15) is 12.1 Å². The third-order valence-corrected chi connectivity index (χ3v) is 7.89. The number of benzene rings is 2. The molecule has 2 saturated carbocycles. The number of rotatable bonds is 7. The highest BCUT2D eigenvalue weighted by Gasteiger charge is 2.52. The Morgan fingerprint density at radius 1 is 1.03 bits per heavy atom. The number of carboxylic acid groups (broad SMARTS) is 1. The fourth-order valence-electron chi connectivity index (χ4n) is 5.75. The highest BCUT2D eigenvalue weighted by Crippen LogP contribution is 2.45. The predicted octanol–water partition coefficient (Wildman–Crippen LogP) is 4.02. The molecule has 7 heteroatoms. The average molecular weight is 463 g/mol. The first kappa shape index (κ1) is 22.4. The van der Waals surface area contributed by atoms with Gasteiger partial charge in [0, 0.05) is 25.4 Å². The molecule has 2 N–H and O–H groups in total. The minimum absolute atomic E-state index is 0.000621. The van der Waals surface area contributed by atoms with Gasteiger partial charge in [-0.2, -0.15) is 0 Å². The first-order valence-electron chi connectivity index (χ1n) is 12.0. The molecule has 0 spiro atoms. The van der Waals surface area contributed by atoms with Crippen LogP contribution < -0.4 is 5.32 Å². The van der Waals surface area contributed by atoms with Gasteiger partial charge in [0.15, 0.2) is 0 Å². The van der Waals surface area contributed by atoms with E-state index in [1.807, 2.05) is 24.3 Å². The minimum atomic E-state index is -1.08. The summed E-state index contributed by atoms with van der Waals surface area (Å²) in [6.07, 6.45) is 2.80. The summed E-state index contributed by atoms with van der Waals surface area (Å²) in [6, 6.07) is 16.4. The Labute approximate surface area is 199 Å². The van der Waals surface area contributed by atoms with Crippen molar-refractivity contribution in [3.05, 3.63) is 59.7 Å². The lowest BCUT2D eigenvalue weighted by Gasteiger charge is -2.35. The van der Waals surface area contributed by atoms with Crippen molar-refractivity contribution < 1.29 is 24.2 Å². The molecule has 2 atom stereocenters. The number of hydrogen-bond donors (Lipinski definition) is 2. The fourth-order valence-corrected chi connectivity index (χ4v) is 5.75. The van der Waals surface area contributed by atoms with Gasteiger partial charge < -0.3 is 20.1 Å². The highest BCUT2D eigenvalue weighted by atomic mass is 16.5. The van der Waals surface area contributed by atoms with Gasteiger partial charge in [-0.15, -0.1) is 0 Å². The van der Waals surface area contributed by atoms with E-state index >= 15 is 0 Å². The first-order chi connectivity index (χ1) is 16.4. The number of carboxylic acids is 1. The van der Waals surface area contributed by atoms with E-state index in [-0.39, 0.29) is 30.3 Å². The molecule has 2 aromatic rings. The van der Waals surface area contributed by atoms with Crippen LogP contribution in [-0.4, -0.2) is 53.7 Å². The Morgan fingerprint density at radius 3 is 2.21 bits per heavy atom. The lowest BCUT2D eigenvalue weighted by Crippen LogP contribution is -2.54. The van der Waals surface area contributed by atoms with E-state index in [0.717, 1.165) is 24.0 Å². The lowest BCUT2D eigenvalue weighted by atomic mass is 9.95. The summed E-state index contributed by atoms with van der Waals surface area (Å²) in [7, 11) is 1.61. The molecule has 34 heavy (non-hydrogen) atoms. The predicted molar refractivity (Wildman–Crippen MR) is 126 cm³/mol. The number of nitrogens with zero attached hydrogens (tertiary/aromatic N) is 1. The van der Waals surface area contributed by atoms with Crippen LogP contribution in [0.1, 0.15) is 49.1 Å². The fraction of sp³-hybridized carbons (Fsp3) is 0.444. The molecule has 3 aliphatic carbocycles. The van der Waals surface area contributed by atoms with Gasteiger partial charge in [-0.1, -0.05) is 61.4 Å². The molecule has 2 fully saturated rings. The standard InChI is InChI=1S/C27H30N2O5/c1-29(27(25(31)32)12-6-7-13-27)24(30)22-14-17(22)15-28-26(33)34-16-23-20-10-4-2-8-18(20)19-9-3-5-11-21(19)23/h2-5,8-11,17,22-23H,6-7,12-16H2,1H3,(H,28,33)(H,31,32)/t17-,22-/m0/s1. The molecule has 3 aliphatic rings. The SMILES string of the molecule is CN(C(=O)[C@H]1C[C@H]1CNC(=O)OCC1c2ccccc2-c2ccccc21)C1(C(=O)O)CCCC1. The molecule has 7 nitrogen and oxygen atoms in total. The van der Waals surface area contributed by atoms with E-state index in [1.165, 1.54) is 16.0 Å². The monoisotopic (exact) mass is 462 g/mol. The van der Waals surface area contributed by atoms with Crippen LogP contribution in [0.15, 0.2) is 48.5 Å². The number of fused-ring (bicyclic) bond motifs is 3. The highest BCUT2D eigenvalue weighted by molar-refractivity contribution is 5.89. The third kappa shape index (κ3) is 3.83. The molecule has 178 valence electrons. The van der Waals surface area contributed by atoms with Crippen molar-refractivity contribution in [1.29, 1.82) is 0 Å². The lowest BCUT2D eigenvalue weighted by molar-refractivity contribution is -0.158. The summed E-state index contributed by atoms with van der Waals surface area (Å²) in [4.78, 5) is 38.6. The van der Waals surface area contributed by atoms with Crippen LogP contribution in [0.2, 0.25) is 0 Å². The van der Waals surface area contributed by atoms with Crippen LogP contribution >= 0.6 is 0 Å². The van der Waals surface area contributed by atoms with Crippen molar-refractivity contribution in [2.75, 3.05) is 20.2 Å². The first-order valence-corrected chi connectivity index (χ1v) is 12.0. The van der Waals surface area contributed by atoms with E-state index in [4.69, 9.17) is 4.74 Å². The van der Waals surface area contributed by atoms with Gasteiger partial charge >= 0.3 is 12.1 Å². The van der Waals surface area contributed by atoms with Gasteiger partial charge in [0.25, 0.3) is 0 Å². The molecule has 5 rings (SSSR count). The van der Waals surface area contributed by atoms with E-state index < -0.39 is 17.6 Å². The second-order valence-corrected chi connectivity index (χ2v) is 9.75. The maximum atomic E-state index is 12.9. The smallest absolute Gasteiger partial charge is 0.407 e. The van der Waals surface area contributed by atoms with Crippen LogP contribution in [0.4, 0.5) is 4.79 Å². The van der Waals surface area contributed by atoms with Crippen molar-refractivity contribution >= 4 is 18.0 Å². The van der Waals surface area contributed by atoms with E-state index in [2.05, 4.69) is 29.6 Å². The van der Waals surface area contributed by atoms with Gasteiger partial charge in [0.2, 0.25) is 5.91 Å². The molecule has 2 aromatic carbocycles. The molecule has 0 unspecified atom stereocenters. The number of nitrogens with one attached hydrogen (secondary N) is 1. The van der Waals surface area contributed by atoms with Crippen molar-refractivity contribution in [3.63, 3.8) is 0 Å². The number of likely N-dealkylation sites (N-methyl/N-ethyl adjacent to an activating group) is 1. The molecule has 2 amide bonds. The molecular weight excluding hydrogens is 432 g/mol. The molecule has 0 radical (unpaired) electrons. The van der Waals surface area contributed by atoms with Gasteiger partial charge in [0.05, 0.1) is 0 Å². The Hall–Kier alpha value is -3.35. The molecular formula is C27H30N2O5. The van der Waals surface area contributed by atoms with Crippen LogP contribution in [-0.2, 0) is 14.3 Å². The van der Waals surface area contributed by atoms with Gasteiger partial charge in [-0.25, -0.2) is 9.59 Å². The number of carbonyl (C=O) groups excluding carboxylic acids is 2. The largest absolute Gasteiger partial charge is 0.479 e. The van der Waals surface area contributed by atoms with Crippen molar-refractivity contribution in [2.24, 2.45) is 11.8 Å². The summed E-state index contributed by atoms with van der Waals surface area (Å²) in [5.41, 5.74) is 3.59. The normalized spacial score (nSPS) is 21.9. The van der Waals surface area contributed by atoms with Crippen molar-refractivity contribution in [1.82, 2.24) is 10.2 Å². The number of hydrogen-bond acceptors (Lipinski definition) is 4. The van der Waals surface area contributed by atoms with Crippen LogP contribution in [0.3, 0.4) is 0 Å². The maximum Gasteiger partial charge on any atom is 0.407 e. The summed E-state index contributed by atoms with van der Waals surface area (Å²) < 4.78 is 5.57. The van der Waals surface area contributed by atoms with Crippen LogP contribution in [0, 0.1) is 11.8 Å². The topological polar surface area (TPSA) is 95.9 Å². The molecule has 0 bridgehead atoms. The average Bonchev–Trinajstić information content (AvgIpc) is 3.31. The Morgan fingerprint density at radius 2 is 1.62 bits per heavy atom. The zero-order chi connectivity index (χ0) is 23.9. The Bertz CT molecular complexity index is 1080. The molecule has 0 aliphatic heterocycles. The second kappa shape index (κ2) is 8.78. The summed E-state index contributed by atoms with van der Waals surface area (Å²) in [6.45, 7) is 0.595. The Kier molecular flexibility index (Phi) is 5.80. The number of aliphatic carboxylic acids is 1. The van der Waals surface area contributed by atoms with Crippen molar-refractivity contribution in [3.8, 4) is 11.1 Å². The van der Waals surface area contributed by atoms with Crippen LogP contribution in [0.5, 0.6) is 0 Å². The summed E-state index contributed by atoms with van der Waals surface area (Å²) in [5.74, 6) is -1.28. The number of amides is 2. The third-order valence-electron chi connectivity index (χ3n) is 7.89. The van der Waals surface area contributed by atoms with Gasteiger partial charge in [-0.3, -0.25) is 4.79 Å². The van der Waals surface area contributed by atoms with Gasteiger partial charge in [-0.05, 0) is 47.4 Å². The summed E-state index contributed by atoms with van der Waals surface area (Å²) >= 11 is 0. The number of ether oxygens (including phenoxy) is 1. The minimum Gasteiger partial charge on any atom is -0.479 e. The molecule has 0 heterocycles. The molecule has 0 saturated heterocycles. The zero-order valence-corrected chi connectivity index (χ0v) is 19.3. The van der Waals surface area contributed by atoms with E-state index in [0.29, 0.717) is 25.8 Å². The zero-order valence-electron chi connectivity index (χ0n) is 19.3. The summed E-state index contributed by atoms with van der Waals surface area (Å²) in [5, 5.41) is 12.5. The molecule has 0 aromatic heterocycles. The number of carbonyl (C=O) groups is 3. The maximum absolute atomic E-state index is 12.9. The van der Waals surface area contributed by atoms with E-state index in [9.17, 15) is 19.5 Å².